The lowest BCUT2D eigenvalue weighted by atomic mass is 10.1. The molecule has 10 heteroatoms. The van der Waals surface area contributed by atoms with Crippen LogP contribution in [0.15, 0.2) is 66.7 Å². The monoisotopic (exact) mass is 522 g/mol. The van der Waals surface area contributed by atoms with E-state index in [1.165, 1.54) is 11.0 Å². The number of quaternary nitrogens is 1. The summed E-state index contributed by atoms with van der Waals surface area (Å²) >= 11 is 0. The van der Waals surface area contributed by atoms with E-state index in [0.29, 0.717) is 40.3 Å². The molecule has 5 rings (SSSR count). The molecule has 2 atom stereocenters. The van der Waals surface area contributed by atoms with E-state index in [9.17, 15) is 18.4 Å². The second-order valence-electron chi connectivity index (χ2n) is 9.68. The van der Waals surface area contributed by atoms with E-state index < -0.39 is 17.7 Å². The van der Waals surface area contributed by atoms with Crippen molar-refractivity contribution in [3.63, 3.8) is 0 Å². The zero-order valence-electron chi connectivity index (χ0n) is 21.0. The molecule has 1 spiro atoms. The molecule has 2 heterocycles. The number of nitrogen functional groups attached to an aromatic ring is 1. The molecule has 0 saturated carbocycles. The van der Waals surface area contributed by atoms with Crippen molar-refractivity contribution in [2.24, 2.45) is 0 Å². The largest absolute Gasteiger partial charge is 0.397 e. The summed E-state index contributed by atoms with van der Waals surface area (Å²) in [5, 5.41) is 5.69. The van der Waals surface area contributed by atoms with Gasteiger partial charge in [-0.05, 0) is 48.9 Å². The molecule has 0 aromatic heterocycles. The van der Waals surface area contributed by atoms with Gasteiger partial charge in [0.1, 0.15) is 13.1 Å². The van der Waals surface area contributed by atoms with Gasteiger partial charge >= 0.3 is 6.03 Å². The number of para-hydroxylation sites is 2. The van der Waals surface area contributed by atoms with Crippen molar-refractivity contribution in [3.8, 4) is 0 Å². The summed E-state index contributed by atoms with van der Waals surface area (Å²) in [5.41, 5.74) is 8.41. The minimum absolute atomic E-state index is 0.134. The van der Waals surface area contributed by atoms with Gasteiger partial charge in [0.05, 0.1) is 30.3 Å². The molecule has 2 saturated heterocycles. The Morgan fingerprint density at radius 1 is 1.03 bits per heavy atom. The Morgan fingerprint density at radius 2 is 1.74 bits per heavy atom. The predicted molar refractivity (Wildman–Crippen MR) is 140 cm³/mol. The van der Waals surface area contributed by atoms with E-state index in [4.69, 9.17) is 10.5 Å². The molecule has 4 N–H and O–H groups in total. The highest BCUT2D eigenvalue weighted by atomic mass is 19.2. The summed E-state index contributed by atoms with van der Waals surface area (Å²) in [6, 6.07) is 17.1. The summed E-state index contributed by atoms with van der Waals surface area (Å²) in [6.45, 7) is 4.92. The molecular formula is C28H30F2N5O3+. The van der Waals surface area contributed by atoms with Crippen LogP contribution in [0, 0.1) is 11.6 Å². The maximum Gasteiger partial charge on any atom is 0.326 e. The van der Waals surface area contributed by atoms with Crippen LogP contribution in [0.1, 0.15) is 22.8 Å². The first-order chi connectivity index (χ1) is 18.3. The lowest BCUT2D eigenvalue weighted by Crippen LogP contribution is -2.50. The Kier molecular flexibility index (Phi) is 7.00. The topological polar surface area (TPSA) is 96.7 Å². The zero-order valence-corrected chi connectivity index (χ0v) is 21.0. The number of benzene rings is 3. The minimum Gasteiger partial charge on any atom is -0.397 e. The molecule has 2 fully saturated rings. The number of nitrogens with two attached hydrogens (primary N) is 1. The van der Waals surface area contributed by atoms with E-state index in [1.807, 2.05) is 0 Å². The molecule has 2 aliphatic rings. The van der Waals surface area contributed by atoms with Crippen molar-refractivity contribution >= 4 is 29.0 Å². The van der Waals surface area contributed by atoms with E-state index >= 15 is 0 Å². The van der Waals surface area contributed by atoms with Gasteiger partial charge < -0.3 is 21.1 Å². The van der Waals surface area contributed by atoms with Crippen LogP contribution < -0.4 is 21.3 Å². The van der Waals surface area contributed by atoms with Crippen LogP contribution in [0.4, 0.5) is 30.6 Å². The highest BCUT2D eigenvalue weighted by Gasteiger charge is 2.68. The highest BCUT2D eigenvalue weighted by Crippen LogP contribution is 2.44. The third kappa shape index (κ3) is 4.92. The van der Waals surface area contributed by atoms with Crippen LogP contribution in [0.5, 0.6) is 0 Å². The number of ether oxygens (including phenoxy) is 1. The first-order valence-corrected chi connectivity index (χ1v) is 12.5. The second-order valence-corrected chi connectivity index (χ2v) is 9.68. The highest BCUT2D eigenvalue weighted by molar-refractivity contribution is 6.05. The molecule has 3 aromatic rings. The fourth-order valence-electron chi connectivity index (χ4n) is 5.26. The summed E-state index contributed by atoms with van der Waals surface area (Å²) in [7, 11) is 0. The number of carbonyl (C=O) groups excluding carboxylic acids is 2. The van der Waals surface area contributed by atoms with Gasteiger partial charge in [-0.2, -0.15) is 0 Å². The minimum atomic E-state index is -1.01. The normalized spacial score (nSPS) is 19.6. The number of morpholine rings is 1. The molecule has 2 unspecified atom stereocenters. The Balaban J connectivity index is 1.28. The molecule has 0 bridgehead atoms. The number of anilines is 3. The number of halogens is 2. The van der Waals surface area contributed by atoms with Gasteiger partial charge in [-0.15, -0.1) is 0 Å². The van der Waals surface area contributed by atoms with Crippen LogP contribution in [-0.2, 0) is 11.3 Å². The fourth-order valence-corrected chi connectivity index (χ4v) is 5.26. The lowest BCUT2D eigenvalue weighted by Gasteiger charge is -2.29. The second kappa shape index (κ2) is 10.4. The van der Waals surface area contributed by atoms with Gasteiger partial charge in [0.15, 0.2) is 17.7 Å². The third-order valence-corrected chi connectivity index (χ3v) is 7.52. The predicted octanol–water partition coefficient (Wildman–Crippen LogP) is 4.09. The standard InChI is InChI=1S/C28H29F2N5O3/c1-18-27(35(18)12-14-38-15-13-35)34(21-10-11-22(29)23(30)16-21)28(37)32-17-19-6-8-20(9-7-19)26(36)33-25-5-3-2-4-24(25)31/h2-11,16,18,27H,12-15,17,31H2,1H3,(H-,32,33,36,37)/p+1. The molecule has 198 valence electrons. The lowest BCUT2D eigenvalue weighted by molar-refractivity contribution is -0.834. The summed E-state index contributed by atoms with van der Waals surface area (Å²) in [5.74, 6) is -2.27. The molecule has 3 aromatic carbocycles. The van der Waals surface area contributed by atoms with Gasteiger partial charge in [-0.1, -0.05) is 24.3 Å². The van der Waals surface area contributed by atoms with Gasteiger partial charge in [0.25, 0.3) is 5.91 Å². The molecule has 38 heavy (non-hydrogen) atoms. The summed E-state index contributed by atoms with van der Waals surface area (Å²) in [6.07, 6.45) is -0.208. The Labute approximate surface area is 219 Å². The number of hydrogen-bond acceptors (Lipinski definition) is 4. The molecule has 0 radical (unpaired) electrons. The zero-order chi connectivity index (χ0) is 26.9. The number of urea groups is 1. The molecule has 3 amide bonds. The van der Waals surface area contributed by atoms with Crippen LogP contribution in [0.2, 0.25) is 0 Å². The maximum atomic E-state index is 14.1. The summed E-state index contributed by atoms with van der Waals surface area (Å²) < 4.78 is 34.0. The van der Waals surface area contributed by atoms with E-state index in [2.05, 4.69) is 17.6 Å². The van der Waals surface area contributed by atoms with Crippen LogP contribution in [0.3, 0.4) is 0 Å². The van der Waals surface area contributed by atoms with Gasteiger partial charge in [-0.3, -0.25) is 9.28 Å². The molecule has 0 aliphatic carbocycles. The van der Waals surface area contributed by atoms with Gasteiger partial charge in [-0.25, -0.2) is 18.5 Å². The third-order valence-electron chi connectivity index (χ3n) is 7.52. The van der Waals surface area contributed by atoms with E-state index in [1.54, 1.807) is 48.5 Å². The van der Waals surface area contributed by atoms with Crippen molar-refractivity contribution < 1.29 is 27.6 Å². The van der Waals surface area contributed by atoms with Crippen molar-refractivity contribution in [3.05, 3.63) is 89.5 Å². The smallest absolute Gasteiger partial charge is 0.326 e. The van der Waals surface area contributed by atoms with E-state index in [-0.39, 0.29) is 24.7 Å². The number of carbonyl (C=O) groups is 2. The first kappa shape index (κ1) is 25.6. The average molecular weight is 523 g/mol. The SMILES string of the molecule is CC1C(N(C(=O)NCc2ccc(C(=O)Nc3ccccc3N)cc2)c2ccc(F)c(F)c2)[N+]12CCOCC2. The van der Waals surface area contributed by atoms with Crippen molar-refractivity contribution in [1.29, 1.82) is 0 Å². The average Bonchev–Trinajstić information content (AvgIpc) is 3.46. The summed E-state index contributed by atoms with van der Waals surface area (Å²) in [4.78, 5) is 27.6. The van der Waals surface area contributed by atoms with Gasteiger partial charge in [0, 0.05) is 18.2 Å². The molecule has 2 aliphatic heterocycles. The number of nitrogens with zero attached hydrogens (tertiary/aromatic N) is 2. The number of nitrogens with one attached hydrogen (secondary N) is 2. The Morgan fingerprint density at radius 3 is 2.42 bits per heavy atom. The molecule has 8 nitrogen and oxygen atoms in total. The van der Waals surface area contributed by atoms with E-state index in [0.717, 1.165) is 30.8 Å². The quantitative estimate of drug-likeness (QED) is 0.258. The van der Waals surface area contributed by atoms with Crippen molar-refractivity contribution in [1.82, 2.24) is 5.32 Å². The van der Waals surface area contributed by atoms with Gasteiger partial charge in [0.2, 0.25) is 6.17 Å². The van der Waals surface area contributed by atoms with Crippen LogP contribution in [-0.4, -0.2) is 54.9 Å². The van der Waals surface area contributed by atoms with Crippen molar-refractivity contribution in [2.75, 3.05) is 42.3 Å². The number of amides is 3. The Hall–Kier alpha value is -4.02. The van der Waals surface area contributed by atoms with Crippen LogP contribution in [0.25, 0.3) is 0 Å². The first-order valence-electron chi connectivity index (χ1n) is 12.5. The molecular weight excluding hydrogens is 492 g/mol. The Bertz CT molecular complexity index is 1340. The number of rotatable bonds is 6. The van der Waals surface area contributed by atoms with Crippen LogP contribution >= 0.6 is 0 Å². The van der Waals surface area contributed by atoms with Crippen molar-refractivity contribution in [2.45, 2.75) is 25.7 Å². The number of hydrogen-bond donors (Lipinski definition) is 3. The fraction of sp³-hybridized carbons (Fsp3) is 0.286. The maximum absolute atomic E-state index is 14.1.